The quantitative estimate of drug-likeness (QED) is 0.790. The fraction of sp³-hybridized carbons (Fsp3) is 0.357. The number of aromatic nitrogens is 2. The molecule has 1 aliphatic heterocycles. The molecule has 0 radical (unpaired) electrons. The van der Waals surface area contributed by atoms with E-state index in [2.05, 4.69) is 21.7 Å². The van der Waals surface area contributed by atoms with E-state index in [0.717, 1.165) is 18.7 Å². The van der Waals surface area contributed by atoms with Crippen LogP contribution in [0.4, 0.5) is 0 Å². The van der Waals surface area contributed by atoms with Crippen LogP contribution in [-0.2, 0) is 13.0 Å². The number of imidazole rings is 1. The fourth-order valence-corrected chi connectivity index (χ4v) is 2.52. The molecular weight excluding hydrogens is 212 g/mol. The van der Waals surface area contributed by atoms with E-state index >= 15 is 0 Å². The first-order chi connectivity index (χ1) is 8.36. The van der Waals surface area contributed by atoms with Crippen molar-refractivity contribution in [2.75, 3.05) is 7.11 Å². The number of methoxy groups -OCH3 is 1. The summed E-state index contributed by atoms with van der Waals surface area (Å²) >= 11 is 0. The van der Waals surface area contributed by atoms with Crippen LogP contribution in [0.3, 0.4) is 0 Å². The maximum Gasteiger partial charge on any atom is 0.118 e. The summed E-state index contributed by atoms with van der Waals surface area (Å²) in [5.74, 6) is 1.52. The van der Waals surface area contributed by atoms with Gasteiger partial charge in [-0.25, -0.2) is 4.98 Å². The third-order valence-electron chi connectivity index (χ3n) is 3.55. The van der Waals surface area contributed by atoms with Gasteiger partial charge in [0.2, 0.25) is 0 Å². The second-order valence-corrected chi connectivity index (χ2v) is 4.55. The van der Waals surface area contributed by atoms with Crippen LogP contribution in [0.25, 0.3) is 0 Å². The number of hydrogen-bond donors (Lipinski definition) is 0. The number of fused-ring (bicyclic) bond motifs is 1. The topological polar surface area (TPSA) is 27.1 Å². The Balaban J connectivity index is 1.81. The molecule has 2 aromatic rings. The first-order valence-electron chi connectivity index (χ1n) is 6.00. The van der Waals surface area contributed by atoms with Crippen LogP contribution < -0.4 is 4.74 Å². The second-order valence-electron chi connectivity index (χ2n) is 4.55. The van der Waals surface area contributed by atoms with Gasteiger partial charge in [0, 0.05) is 24.4 Å². The molecule has 0 bridgehead atoms. The van der Waals surface area contributed by atoms with Gasteiger partial charge in [-0.15, -0.1) is 0 Å². The zero-order valence-corrected chi connectivity index (χ0v) is 9.97. The smallest absolute Gasteiger partial charge is 0.118 e. The molecule has 0 saturated heterocycles. The van der Waals surface area contributed by atoms with E-state index in [-0.39, 0.29) is 0 Å². The highest BCUT2D eigenvalue weighted by atomic mass is 16.5. The highest BCUT2D eigenvalue weighted by Gasteiger charge is 2.19. The van der Waals surface area contributed by atoms with Crippen molar-refractivity contribution < 1.29 is 4.74 Å². The molecule has 88 valence electrons. The van der Waals surface area contributed by atoms with E-state index < -0.39 is 0 Å². The molecule has 1 aliphatic rings. The Kier molecular flexibility index (Phi) is 2.59. The summed E-state index contributed by atoms with van der Waals surface area (Å²) in [7, 11) is 1.70. The number of rotatable bonds is 2. The van der Waals surface area contributed by atoms with Gasteiger partial charge in [0.25, 0.3) is 0 Å². The highest BCUT2D eigenvalue weighted by Crippen LogP contribution is 2.29. The molecule has 0 spiro atoms. The van der Waals surface area contributed by atoms with Crippen LogP contribution >= 0.6 is 0 Å². The standard InChI is InChI=1S/C14H16N2O/c1-17-14-6-3-11(4-7-14)12-2-5-13-8-15-10-16(13)9-12/h3-4,6-8,10,12H,2,5,9H2,1H3. The minimum Gasteiger partial charge on any atom is -0.497 e. The molecule has 17 heavy (non-hydrogen) atoms. The molecule has 3 nitrogen and oxygen atoms in total. The number of hydrogen-bond acceptors (Lipinski definition) is 2. The van der Waals surface area contributed by atoms with Crippen LogP contribution in [-0.4, -0.2) is 16.7 Å². The summed E-state index contributed by atoms with van der Waals surface area (Å²) in [6.07, 6.45) is 6.24. The van der Waals surface area contributed by atoms with Crippen molar-refractivity contribution in [3.63, 3.8) is 0 Å². The lowest BCUT2D eigenvalue weighted by atomic mass is 9.91. The minimum atomic E-state index is 0.600. The van der Waals surface area contributed by atoms with Gasteiger partial charge in [0.05, 0.1) is 13.4 Å². The normalized spacial score (nSPS) is 18.8. The second kappa shape index (κ2) is 4.24. The van der Waals surface area contributed by atoms with Gasteiger partial charge < -0.3 is 9.30 Å². The fourth-order valence-electron chi connectivity index (χ4n) is 2.52. The van der Waals surface area contributed by atoms with Crippen molar-refractivity contribution in [1.82, 2.24) is 9.55 Å². The predicted octanol–water partition coefficient (Wildman–Crippen LogP) is 2.62. The predicted molar refractivity (Wildman–Crippen MR) is 66.3 cm³/mol. The molecule has 3 rings (SSSR count). The zero-order valence-electron chi connectivity index (χ0n) is 9.97. The molecule has 1 aromatic heterocycles. The Hall–Kier alpha value is -1.77. The Morgan fingerprint density at radius 2 is 2.12 bits per heavy atom. The molecule has 2 heterocycles. The molecule has 3 heteroatoms. The summed E-state index contributed by atoms with van der Waals surface area (Å²) in [6.45, 7) is 1.04. The van der Waals surface area contributed by atoms with Crippen molar-refractivity contribution in [2.45, 2.75) is 25.3 Å². The summed E-state index contributed by atoms with van der Waals surface area (Å²) in [6, 6.07) is 8.42. The van der Waals surface area contributed by atoms with E-state index in [4.69, 9.17) is 4.74 Å². The van der Waals surface area contributed by atoms with Crippen molar-refractivity contribution in [1.29, 1.82) is 0 Å². The molecule has 0 aliphatic carbocycles. The molecule has 1 aromatic carbocycles. The van der Waals surface area contributed by atoms with Gasteiger partial charge in [-0.1, -0.05) is 12.1 Å². The Labute approximate surface area is 101 Å². The van der Waals surface area contributed by atoms with Crippen LogP contribution in [0.5, 0.6) is 5.75 Å². The van der Waals surface area contributed by atoms with Gasteiger partial charge in [0.1, 0.15) is 5.75 Å². The number of nitrogens with zero attached hydrogens (tertiary/aromatic N) is 2. The summed E-state index contributed by atoms with van der Waals surface area (Å²) in [5, 5.41) is 0. The van der Waals surface area contributed by atoms with Gasteiger partial charge in [-0.2, -0.15) is 0 Å². The maximum atomic E-state index is 5.19. The van der Waals surface area contributed by atoms with Crippen LogP contribution in [0.1, 0.15) is 23.6 Å². The average molecular weight is 228 g/mol. The minimum absolute atomic E-state index is 0.600. The third-order valence-corrected chi connectivity index (χ3v) is 3.55. The van der Waals surface area contributed by atoms with Gasteiger partial charge in [-0.05, 0) is 30.5 Å². The van der Waals surface area contributed by atoms with E-state index in [0.29, 0.717) is 5.92 Å². The first kappa shape index (κ1) is 10.4. The van der Waals surface area contributed by atoms with Gasteiger partial charge in [0.15, 0.2) is 0 Å². The average Bonchev–Trinajstić information content (AvgIpc) is 2.86. The first-order valence-corrected chi connectivity index (χ1v) is 6.00. The number of ether oxygens (including phenoxy) is 1. The zero-order chi connectivity index (χ0) is 11.7. The maximum absolute atomic E-state index is 5.19. The Morgan fingerprint density at radius 1 is 1.29 bits per heavy atom. The van der Waals surface area contributed by atoms with Crippen LogP contribution in [0, 0.1) is 0 Å². The van der Waals surface area contributed by atoms with Crippen molar-refractivity contribution in [2.24, 2.45) is 0 Å². The molecule has 0 N–H and O–H groups in total. The van der Waals surface area contributed by atoms with Crippen LogP contribution in [0.2, 0.25) is 0 Å². The summed E-state index contributed by atoms with van der Waals surface area (Å²) in [4.78, 5) is 4.20. The lowest BCUT2D eigenvalue weighted by molar-refractivity contribution is 0.413. The third kappa shape index (κ3) is 1.93. The lowest BCUT2D eigenvalue weighted by Crippen LogP contribution is -2.17. The molecule has 0 amide bonds. The lowest BCUT2D eigenvalue weighted by Gasteiger charge is -2.24. The van der Waals surface area contributed by atoms with Crippen LogP contribution in [0.15, 0.2) is 36.8 Å². The summed E-state index contributed by atoms with van der Waals surface area (Å²) in [5.41, 5.74) is 2.75. The number of aryl methyl sites for hydroxylation is 1. The van der Waals surface area contributed by atoms with Gasteiger partial charge >= 0.3 is 0 Å². The van der Waals surface area contributed by atoms with E-state index in [1.165, 1.54) is 17.7 Å². The monoisotopic (exact) mass is 228 g/mol. The number of benzene rings is 1. The van der Waals surface area contributed by atoms with Crippen molar-refractivity contribution >= 4 is 0 Å². The largest absolute Gasteiger partial charge is 0.497 e. The molecular formula is C14H16N2O. The van der Waals surface area contributed by atoms with Crippen molar-refractivity contribution in [3.8, 4) is 5.75 Å². The Morgan fingerprint density at radius 3 is 2.88 bits per heavy atom. The van der Waals surface area contributed by atoms with Gasteiger partial charge in [-0.3, -0.25) is 0 Å². The van der Waals surface area contributed by atoms with E-state index in [1.54, 1.807) is 7.11 Å². The molecule has 1 unspecified atom stereocenters. The highest BCUT2D eigenvalue weighted by molar-refractivity contribution is 5.30. The van der Waals surface area contributed by atoms with E-state index in [1.807, 2.05) is 24.7 Å². The summed E-state index contributed by atoms with van der Waals surface area (Å²) < 4.78 is 7.45. The van der Waals surface area contributed by atoms with Crippen molar-refractivity contribution in [3.05, 3.63) is 48.0 Å². The van der Waals surface area contributed by atoms with E-state index in [9.17, 15) is 0 Å². The SMILES string of the molecule is COc1ccc(C2CCc3cncn3C2)cc1. The molecule has 1 atom stereocenters. The Bertz CT molecular complexity index is 501. The molecule has 0 fully saturated rings. The molecule has 0 saturated carbocycles.